The first-order valence-electron chi connectivity index (χ1n) is 4.40. The average Bonchev–Trinajstić information content (AvgIpc) is 2.57. The number of benzene rings is 1. The Bertz CT molecular complexity index is 429. The third kappa shape index (κ3) is 1.74. The van der Waals surface area contributed by atoms with E-state index in [1.165, 1.54) is 0 Å². The van der Waals surface area contributed by atoms with E-state index in [0.29, 0.717) is 6.54 Å². The number of aryl methyl sites for hydroxylation is 1. The van der Waals surface area contributed by atoms with Gasteiger partial charge in [0.15, 0.2) is 0 Å². The van der Waals surface area contributed by atoms with Gasteiger partial charge in [0.2, 0.25) is 0 Å². The van der Waals surface area contributed by atoms with Gasteiger partial charge in [-0.05, 0) is 6.07 Å². The molecule has 0 aliphatic heterocycles. The van der Waals surface area contributed by atoms with Gasteiger partial charge < -0.3 is 5.11 Å². The topological polar surface area (TPSA) is 55.1 Å². The zero-order valence-corrected chi connectivity index (χ0v) is 7.55. The molecule has 72 valence electrons. The fourth-order valence-electron chi connectivity index (χ4n) is 1.34. The summed E-state index contributed by atoms with van der Waals surface area (Å²) in [6, 6.07) is 7.72. The van der Waals surface area contributed by atoms with Crippen molar-refractivity contribution in [2.75, 3.05) is 0 Å². The molecule has 0 aliphatic rings. The number of carboxylic acids is 1. The van der Waals surface area contributed by atoms with Crippen LogP contribution in [0.5, 0.6) is 0 Å². The van der Waals surface area contributed by atoms with Gasteiger partial charge in [0.05, 0.1) is 18.5 Å². The Kier molecular flexibility index (Phi) is 2.18. The fourth-order valence-corrected chi connectivity index (χ4v) is 1.34. The van der Waals surface area contributed by atoms with E-state index in [0.717, 1.165) is 10.9 Å². The van der Waals surface area contributed by atoms with Crippen LogP contribution in [0.2, 0.25) is 0 Å². The minimum atomic E-state index is -0.801. The summed E-state index contributed by atoms with van der Waals surface area (Å²) in [5, 5.41) is 13.8. The molecule has 1 aromatic heterocycles. The van der Waals surface area contributed by atoms with E-state index in [1.807, 2.05) is 30.5 Å². The van der Waals surface area contributed by atoms with Crippen LogP contribution in [-0.4, -0.2) is 20.9 Å². The van der Waals surface area contributed by atoms with Crippen molar-refractivity contribution in [3.05, 3.63) is 30.5 Å². The first kappa shape index (κ1) is 8.74. The molecule has 1 N–H and O–H groups in total. The molecule has 1 heterocycles. The van der Waals surface area contributed by atoms with E-state index in [1.54, 1.807) is 4.68 Å². The van der Waals surface area contributed by atoms with Gasteiger partial charge in [-0.3, -0.25) is 9.48 Å². The lowest BCUT2D eigenvalue weighted by Crippen LogP contribution is -2.04. The monoisotopic (exact) mass is 190 g/mol. The molecule has 0 fully saturated rings. The average molecular weight is 190 g/mol. The number of hydrogen-bond donors (Lipinski definition) is 1. The molecule has 0 saturated heterocycles. The lowest BCUT2D eigenvalue weighted by molar-refractivity contribution is -0.137. The highest BCUT2D eigenvalue weighted by molar-refractivity contribution is 5.77. The maximum absolute atomic E-state index is 10.3. The van der Waals surface area contributed by atoms with Crippen LogP contribution in [0.1, 0.15) is 6.42 Å². The number of aromatic nitrogens is 2. The maximum atomic E-state index is 10.3. The lowest BCUT2D eigenvalue weighted by Gasteiger charge is -1.95. The van der Waals surface area contributed by atoms with Crippen molar-refractivity contribution in [2.24, 2.45) is 0 Å². The highest BCUT2D eigenvalue weighted by Crippen LogP contribution is 2.10. The molecule has 0 radical (unpaired) electrons. The summed E-state index contributed by atoms with van der Waals surface area (Å²) < 4.78 is 1.67. The second kappa shape index (κ2) is 3.49. The molecule has 0 unspecified atom stereocenters. The molecule has 0 aliphatic carbocycles. The van der Waals surface area contributed by atoms with Crippen LogP contribution in [0, 0.1) is 0 Å². The second-order valence-corrected chi connectivity index (χ2v) is 3.09. The van der Waals surface area contributed by atoms with Crippen LogP contribution in [0.4, 0.5) is 0 Å². The zero-order valence-electron chi connectivity index (χ0n) is 7.55. The van der Waals surface area contributed by atoms with Gasteiger partial charge in [-0.15, -0.1) is 0 Å². The van der Waals surface area contributed by atoms with E-state index in [9.17, 15) is 4.79 Å². The summed E-state index contributed by atoms with van der Waals surface area (Å²) in [6.07, 6.45) is 1.96. The van der Waals surface area contributed by atoms with Crippen molar-refractivity contribution in [1.29, 1.82) is 0 Å². The summed E-state index contributed by atoms with van der Waals surface area (Å²) >= 11 is 0. The Morgan fingerprint density at radius 1 is 1.43 bits per heavy atom. The van der Waals surface area contributed by atoms with Crippen molar-refractivity contribution in [2.45, 2.75) is 13.0 Å². The summed E-state index contributed by atoms with van der Waals surface area (Å²) in [4.78, 5) is 10.3. The number of nitrogens with zero attached hydrogens (tertiary/aromatic N) is 2. The van der Waals surface area contributed by atoms with E-state index >= 15 is 0 Å². The molecular weight excluding hydrogens is 180 g/mol. The van der Waals surface area contributed by atoms with Crippen molar-refractivity contribution in [3.63, 3.8) is 0 Å². The predicted molar refractivity (Wildman–Crippen MR) is 52.0 cm³/mol. The number of rotatable bonds is 3. The molecule has 1 aromatic carbocycles. The third-order valence-electron chi connectivity index (χ3n) is 2.02. The minimum absolute atomic E-state index is 0.105. The SMILES string of the molecule is O=C(O)CCn1cc2ccccc2n1. The standard InChI is InChI=1S/C10H10N2O2/c13-10(14)5-6-12-7-8-3-1-2-4-9(8)11-12/h1-4,7H,5-6H2,(H,13,14). The van der Waals surface area contributed by atoms with Crippen molar-refractivity contribution in [1.82, 2.24) is 9.78 Å². The van der Waals surface area contributed by atoms with E-state index < -0.39 is 5.97 Å². The van der Waals surface area contributed by atoms with Crippen LogP contribution < -0.4 is 0 Å². The number of carbonyl (C=O) groups is 1. The molecule has 14 heavy (non-hydrogen) atoms. The van der Waals surface area contributed by atoms with Crippen molar-refractivity contribution >= 4 is 16.9 Å². The van der Waals surface area contributed by atoms with Crippen LogP contribution in [0.15, 0.2) is 30.5 Å². The first-order chi connectivity index (χ1) is 6.75. The molecule has 4 nitrogen and oxygen atoms in total. The van der Waals surface area contributed by atoms with Crippen LogP contribution in [0.3, 0.4) is 0 Å². The summed E-state index contributed by atoms with van der Waals surface area (Å²) in [5.41, 5.74) is 0.901. The Hall–Kier alpha value is -1.84. The van der Waals surface area contributed by atoms with Gasteiger partial charge in [0, 0.05) is 11.6 Å². The molecule has 2 aromatic rings. The van der Waals surface area contributed by atoms with Gasteiger partial charge in [-0.25, -0.2) is 0 Å². The quantitative estimate of drug-likeness (QED) is 0.798. The van der Waals surface area contributed by atoms with Crippen molar-refractivity contribution in [3.8, 4) is 0 Å². The van der Waals surface area contributed by atoms with Gasteiger partial charge in [-0.2, -0.15) is 5.10 Å². The first-order valence-corrected chi connectivity index (χ1v) is 4.40. The Labute approximate surface area is 80.8 Å². The molecule has 0 amide bonds. The van der Waals surface area contributed by atoms with Gasteiger partial charge in [-0.1, -0.05) is 18.2 Å². The van der Waals surface area contributed by atoms with E-state index in [4.69, 9.17) is 5.11 Å². The highest BCUT2D eigenvalue weighted by atomic mass is 16.4. The summed E-state index contributed by atoms with van der Waals surface area (Å²) in [7, 11) is 0. The third-order valence-corrected chi connectivity index (χ3v) is 2.02. The summed E-state index contributed by atoms with van der Waals surface area (Å²) in [5.74, 6) is -0.801. The Morgan fingerprint density at radius 2 is 2.21 bits per heavy atom. The molecular formula is C10H10N2O2. The molecule has 0 saturated carbocycles. The molecule has 2 rings (SSSR count). The van der Waals surface area contributed by atoms with E-state index in [2.05, 4.69) is 5.10 Å². The lowest BCUT2D eigenvalue weighted by atomic mass is 10.3. The fraction of sp³-hybridized carbons (Fsp3) is 0.200. The van der Waals surface area contributed by atoms with Gasteiger partial charge >= 0.3 is 5.97 Å². The molecule has 0 spiro atoms. The predicted octanol–water partition coefficient (Wildman–Crippen LogP) is 1.51. The zero-order chi connectivity index (χ0) is 9.97. The second-order valence-electron chi connectivity index (χ2n) is 3.09. The van der Waals surface area contributed by atoms with Crippen LogP contribution in [-0.2, 0) is 11.3 Å². The maximum Gasteiger partial charge on any atom is 0.305 e. The van der Waals surface area contributed by atoms with Crippen molar-refractivity contribution < 1.29 is 9.90 Å². The van der Waals surface area contributed by atoms with Gasteiger partial charge in [0.1, 0.15) is 0 Å². The molecule has 0 atom stereocenters. The minimum Gasteiger partial charge on any atom is -0.481 e. The summed E-state index contributed by atoms with van der Waals surface area (Å²) in [6.45, 7) is 0.421. The number of fused-ring (bicyclic) bond motifs is 1. The van der Waals surface area contributed by atoms with Crippen LogP contribution in [0.25, 0.3) is 10.9 Å². The smallest absolute Gasteiger partial charge is 0.305 e. The number of hydrogen-bond acceptors (Lipinski definition) is 2. The molecule has 4 heteroatoms. The number of aliphatic carboxylic acids is 1. The largest absolute Gasteiger partial charge is 0.481 e. The van der Waals surface area contributed by atoms with E-state index in [-0.39, 0.29) is 6.42 Å². The highest BCUT2D eigenvalue weighted by Gasteiger charge is 2.01. The Morgan fingerprint density at radius 3 is 2.93 bits per heavy atom. The molecule has 0 bridgehead atoms. The van der Waals surface area contributed by atoms with Gasteiger partial charge in [0.25, 0.3) is 0 Å². The number of carboxylic acid groups (broad SMARTS) is 1. The normalized spacial score (nSPS) is 10.6. The Balaban J connectivity index is 2.22. The van der Waals surface area contributed by atoms with Crippen LogP contribution >= 0.6 is 0 Å².